The minimum atomic E-state index is 0.104. The highest BCUT2D eigenvalue weighted by Crippen LogP contribution is 2.32. The summed E-state index contributed by atoms with van der Waals surface area (Å²) in [5, 5.41) is 3.55. The normalized spacial score (nSPS) is 16.7. The molecule has 1 N–H and O–H groups in total. The molecule has 0 amide bonds. The first-order valence-electron chi connectivity index (χ1n) is 6.13. The van der Waals surface area contributed by atoms with E-state index in [-0.39, 0.29) is 5.54 Å². The second kappa shape index (κ2) is 4.57. The third-order valence-electron chi connectivity index (χ3n) is 2.72. The van der Waals surface area contributed by atoms with Crippen molar-refractivity contribution < 1.29 is 9.47 Å². The molecule has 0 radical (unpaired) electrons. The summed E-state index contributed by atoms with van der Waals surface area (Å²) < 4.78 is 11.1. The van der Waals surface area contributed by atoms with E-state index in [4.69, 9.17) is 9.47 Å². The smallest absolute Gasteiger partial charge is 0.161 e. The molecule has 1 atom stereocenters. The predicted molar refractivity (Wildman–Crippen MR) is 68.7 cm³/mol. The lowest BCUT2D eigenvalue weighted by atomic mass is 10.0. The number of rotatable bonds is 2. The van der Waals surface area contributed by atoms with Crippen LogP contribution in [0.25, 0.3) is 0 Å². The zero-order chi connectivity index (χ0) is 12.5. The van der Waals surface area contributed by atoms with Crippen LogP contribution in [0.3, 0.4) is 0 Å². The van der Waals surface area contributed by atoms with Crippen LogP contribution in [0, 0.1) is 0 Å². The summed E-state index contributed by atoms with van der Waals surface area (Å²) in [5.41, 5.74) is 1.33. The molecule has 2 rings (SSSR count). The minimum absolute atomic E-state index is 0.104. The van der Waals surface area contributed by atoms with Crippen molar-refractivity contribution >= 4 is 0 Å². The largest absolute Gasteiger partial charge is 0.486 e. The number of benzene rings is 1. The van der Waals surface area contributed by atoms with Gasteiger partial charge < -0.3 is 14.8 Å². The third-order valence-corrected chi connectivity index (χ3v) is 2.72. The number of fused-ring (bicyclic) bond motifs is 1. The predicted octanol–water partition coefficient (Wildman–Crippen LogP) is 2.91. The Hall–Kier alpha value is -1.22. The van der Waals surface area contributed by atoms with E-state index in [2.05, 4.69) is 45.1 Å². The molecule has 94 valence electrons. The molecular formula is C14H21NO2. The first-order valence-corrected chi connectivity index (χ1v) is 6.13. The van der Waals surface area contributed by atoms with Gasteiger partial charge in [-0.1, -0.05) is 6.07 Å². The average Bonchev–Trinajstić information content (AvgIpc) is 2.26. The first-order chi connectivity index (χ1) is 7.96. The number of nitrogens with one attached hydrogen (secondary N) is 1. The van der Waals surface area contributed by atoms with Crippen molar-refractivity contribution in [1.29, 1.82) is 0 Å². The monoisotopic (exact) mass is 235 g/mol. The van der Waals surface area contributed by atoms with E-state index in [1.807, 2.05) is 6.07 Å². The summed E-state index contributed by atoms with van der Waals surface area (Å²) in [5.74, 6) is 1.71. The summed E-state index contributed by atoms with van der Waals surface area (Å²) in [6.07, 6.45) is 0. The summed E-state index contributed by atoms with van der Waals surface area (Å²) in [6, 6.07) is 6.45. The molecule has 0 aliphatic carbocycles. The number of hydrogen-bond donors (Lipinski definition) is 1. The Labute approximate surface area is 103 Å². The number of ether oxygens (including phenoxy) is 2. The van der Waals surface area contributed by atoms with Crippen LogP contribution in [0.5, 0.6) is 11.5 Å². The van der Waals surface area contributed by atoms with Crippen LogP contribution in [-0.4, -0.2) is 18.8 Å². The van der Waals surface area contributed by atoms with Gasteiger partial charge in [0.1, 0.15) is 13.2 Å². The van der Waals surface area contributed by atoms with Crippen molar-refractivity contribution in [2.75, 3.05) is 13.2 Å². The van der Waals surface area contributed by atoms with Crippen LogP contribution in [0.1, 0.15) is 39.3 Å². The molecule has 0 saturated heterocycles. The van der Waals surface area contributed by atoms with E-state index in [1.54, 1.807) is 0 Å². The maximum absolute atomic E-state index is 5.59. The Balaban J connectivity index is 2.16. The third kappa shape index (κ3) is 3.13. The van der Waals surface area contributed by atoms with Crippen LogP contribution in [0.2, 0.25) is 0 Å². The molecule has 17 heavy (non-hydrogen) atoms. The Morgan fingerprint density at radius 2 is 1.76 bits per heavy atom. The lowest BCUT2D eigenvalue weighted by Gasteiger charge is -2.27. The Bertz CT molecular complexity index is 396. The summed E-state index contributed by atoms with van der Waals surface area (Å²) in [6.45, 7) is 9.95. The van der Waals surface area contributed by atoms with Crippen molar-refractivity contribution in [1.82, 2.24) is 5.32 Å². The quantitative estimate of drug-likeness (QED) is 0.855. The fourth-order valence-corrected chi connectivity index (χ4v) is 2.06. The molecular weight excluding hydrogens is 214 g/mol. The highest BCUT2D eigenvalue weighted by atomic mass is 16.6. The van der Waals surface area contributed by atoms with Crippen LogP contribution in [0.15, 0.2) is 18.2 Å². The van der Waals surface area contributed by atoms with Gasteiger partial charge in [0.15, 0.2) is 11.5 Å². The summed E-state index contributed by atoms with van der Waals surface area (Å²) in [7, 11) is 0. The van der Waals surface area contributed by atoms with Crippen LogP contribution < -0.4 is 14.8 Å². The molecule has 0 fully saturated rings. The van der Waals surface area contributed by atoms with Crippen molar-refractivity contribution in [3.05, 3.63) is 23.8 Å². The second-order valence-electron chi connectivity index (χ2n) is 5.52. The van der Waals surface area contributed by atoms with Crippen molar-refractivity contribution in [2.45, 2.75) is 39.3 Å². The van der Waals surface area contributed by atoms with Gasteiger partial charge in [0, 0.05) is 11.6 Å². The minimum Gasteiger partial charge on any atom is -0.486 e. The van der Waals surface area contributed by atoms with Crippen molar-refractivity contribution in [2.24, 2.45) is 0 Å². The van der Waals surface area contributed by atoms with Gasteiger partial charge >= 0.3 is 0 Å². The molecule has 1 aliphatic heterocycles. The van der Waals surface area contributed by atoms with Gasteiger partial charge in [0.25, 0.3) is 0 Å². The molecule has 3 heteroatoms. The Morgan fingerprint density at radius 3 is 2.41 bits per heavy atom. The van der Waals surface area contributed by atoms with Crippen LogP contribution in [0.4, 0.5) is 0 Å². The molecule has 1 aliphatic rings. The summed E-state index contributed by atoms with van der Waals surface area (Å²) >= 11 is 0. The topological polar surface area (TPSA) is 30.5 Å². The zero-order valence-corrected chi connectivity index (χ0v) is 11.0. The van der Waals surface area contributed by atoms with Gasteiger partial charge in [0.2, 0.25) is 0 Å². The molecule has 0 spiro atoms. The van der Waals surface area contributed by atoms with E-state index < -0.39 is 0 Å². The van der Waals surface area contributed by atoms with Gasteiger partial charge in [-0.2, -0.15) is 0 Å². The fourth-order valence-electron chi connectivity index (χ4n) is 2.06. The summed E-state index contributed by atoms with van der Waals surface area (Å²) in [4.78, 5) is 0. The molecule has 1 heterocycles. The molecule has 1 unspecified atom stereocenters. The van der Waals surface area contributed by atoms with Crippen LogP contribution >= 0.6 is 0 Å². The maximum Gasteiger partial charge on any atom is 0.161 e. The molecule has 0 saturated carbocycles. The first kappa shape index (κ1) is 12.2. The van der Waals surface area contributed by atoms with Gasteiger partial charge in [-0.3, -0.25) is 0 Å². The van der Waals surface area contributed by atoms with Gasteiger partial charge in [-0.05, 0) is 45.4 Å². The zero-order valence-electron chi connectivity index (χ0n) is 11.0. The highest BCUT2D eigenvalue weighted by molar-refractivity contribution is 5.44. The van der Waals surface area contributed by atoms with E-state index in [1.165, 1.54) is 5.56 Å². The fraction of sp³-hybridized carbons (Fsp3) is 0.571. The van der Waals surface area contributed by atoms with Gasteiger partial charge in [0.05, 0.1) is 0 Å². The average molecular weight is 235 g/mol. The van der Waals surface area contributed by atoms with E-state index >= 15 is 0 Å². The van der Waals surface area contributed by atoms with E-state index in [0.29, 0.717) is 19.3 Å². The standard InChI is InChI=1S/C14H21NO2/c1-10(15-14(2,3)4)11-5-6-12-13(9-11)17-8-7-16-12/h5-6,9-10,15H,7-8H2,1-4H3. The van der Waals surface area contributed by atoms with E-state index in [0.717, 1.165) is 11.5 Å². The SMILES string of the molecule is CC(NC(C)(C)C)c1ccc2c(c1)OCCO2. The van der Waals surface area contributed by atoms with Gasteiger partial charge in [-0.15, -0.1) is 0 Å². The molecule has 3 nitrogen and oxygen atoms in total. The molecule has 1 aromatic rings. The maximum atomic E-state index is 5.59. The second-order valence-corrected chi connectivity index (χ2v) is 5.52. The molecule has 0 aromatic heterocycles. The molecule has 0 bridgehead atoms. The Kier molecular flexibility index (Phi) is 3.29. The number of hydrogen-bond acceptors (Lipinski definition) is 3. The van der Waals surface area contributed by atoms with Crippen LogP contribution in [-0.2, 0) is 0 Å². The van der Waals surface area contributed by atoms with Crippen molar-refractivity contribution in [3.8, 4) is 11.5 Å². The van der Waals surface area contributed by atoms with E-state index in [9.17, 15) is 0 Å². The molecule has 1 aromatic carbocycles. The Morgan fingerprint density at radius 1 is 1.12 bits per heavy atom. The van der Waals surface area contributed by atoms with Crippen molar-refractivity contribution in [3.63, 3.8) is 0 Å². The lowest BCUT2D eigenvalue weighted by molar-refractivity contribution is 0.171. The van der Waals surface area contributed by atoms with Gasteiger partial charge in [-0.25, -0.2) is 0 Å². The lowest BCUT2D eigenvalue weighted by Crippen LogP contribution is -2.37. The highest BCUT2D eigenvalue weighted by Gasteiger charge is 2.18.